The van der Waals surface area contributed by atoms with Gasteiger partial charge in [0.25, 0.3) is 0 Å². The second-order valence-corrected chi connectivity index (χ2v) is 7.44. The molecule has 29 heavy (non-hydrogen) atoms. The number of morpholine rings is 1. The molecule has 2 aliphatic rings. The van der Waals surface area contributed by atoms with Crippen LogP contribution in [0.4, 0.5) is 14.5 Å². The van der Waals surface area contributed by atoms with Crippen LogP contribution in [0, 0.1) is 17.6 Å². The molecule has 1 aromatic heterocycles. The average Bonchev–Trinajstić information content (AvgIpc) is 3.16. The van der Waals surface area contributed by atoms with E-state index in [1.54, 1.807) is 0 Å². The predicted octanol–water partition coefficient (Wildman–Crippen LogP) is 2.51. The summed E-state index contributed by atoms with van der Waals surface area (Å²) in [7, 11) is 0. The first-order valence-corrected chi connectivity index (χ1v) is 9.69. The Hall–Kier alpha value is -2.81. The molecule has 2 heterocycles. The first-order valence-electron chi connectivity index (χ1n) is 9.69. The first kappa shape index (κ1) is 19.5. The first-order chi connectivity index (χ1) is 14.0. The van der Waals surface area contributed by atoms with Gasteiger partial charge in [0.2, 0.25) is 11.8 Å². The van der Waals surface area contributed by atoms with Gasteiger partial charge in [0.1, 0.15) is 18.2 Å². The number of hydrogen-bond acceptors (Lipinski definition) is 4. The van der Waals surface area contributed by atoms with Gasteiger partial charge in [0.15, 0.2) is 0 Å². The summed E-state index contributed by atoms with van der Waals surface area (Å²) < 4.78 is 33.2. The lowest BCUT2D eigenvalue weighted by Gasteiger charge is -2.38. The Morgan fingerprint density at radius 3 is 2.55 bits per heavy atom. The van der Waals surface area contributed by atoms with Crippen molar-refractivity contribution in [1.82, 2.24) is 14.7 Å². The molecule has 2 fully saturated rings. The van der Waals surface area contributed by atoms with Crippen molar-refractivity contribution in [2.45, 2.75) is 31.7 Å². The van der Waals surface area contributed by atoms with Crippen LogP contribution in [0.25, 0.3) is 5.69 Å². The highest BCUT2D eigenvalue weighted by Gasteiger charge is 2.32. The van der Waals surface area contributed by atoms with Crippen LogP contribution < -0.4 is 5.32 Å². The van der Waals surface area contributed by atoms with Gasteiger partial charge in [-0.05, 0) is 37.8 Å². The zero-order chi connectivity index (χ0) is 20.4. The third-order valence-corrected chi connectivity index (χ3v) is 5.49. The Bertz CT molecular complexity index is 889. The molecule has 2 aromatic rings. The second kappa shape index (κ2) is 8.28. The average molecular weight is 404 g/mol. The molecule has 1 aromatic carbocycles. The van der Waals surface area contributed by atoms with Crippen LogP contribution in [-0.2, 0) is 14.3 Å². The standard InChI is InChI=1S/C20H22F2N4O3/c21-14-7-15(22)9-18(8-14)26-11-16(10-23-26)24-20(28)13-1-3-17(4-2-13)25-5-6-29-12-19(25)27/h7-11,13,17H,1-6,12H2,(H,24,28)/t13-,17+. The molecule has 4 rings (SSSR count). The van der Waals surface area contributed by atoms with E-state index >= 15 is 0 Å². The quantitative estimate of drug-likeness (QED) is 0.850. The Morgan fingerprint density at radius 1 is 1.14 bits per heavy atom. The molecule has 1 saturated carbocycles. The fourth-order valence-corrected chi connectivity index (χ4v) is 4.01. The number of carbonyl (C=O) groups excluding carboxylic acids is 2. The lowest BCUT2D eigenvalue weighted by atomic mass is 9.84. The second-order valence-electron chi connectivity index (χ2n) is 7.44. The zero-order valence-corrected chi connectivity index (χ0v) is 15.8. The largest absolute Gasteiger partial charge is 0.370 e. The van der Waals surface area contributed by atoms with Crippen LogP contribution in [0.1, 0.15) is 25.7 Å². The number of benzene rings is 1. The number of rotatable bonds is 4. The van der Waals surface area contributed by atoms with Crippen LogP contribution in [0.3, 0.4) is 0 Å². The minimum Gasteiger partial charge on any atom is -0.370 e. The summed E-state index contributed by atoms with van der Waals surface area (Å²) in [5, 5.41) is 6.88. The van der Waals surface area contributed by atoms with Crippen LogP contribution in [0.2, 0.25) is 0 Å². The van der Waals surface area contributed by atoms with Gasteiger partial charge >= 0.3 is 0 Å². The van der Waals surface area contributed by atoms with Gasteiger partial charge in [-0.15, -0.1) is 0 Å². The van der Waals surface area contributed by atoms with Crippen molar-refractivity contribution in [1.29, 1.82) is 0 Å². The molecular weight excluding hydrogens is 382 g/mol. The van der Waals surface area contributed by atoms with Gasteiger partial charge in [-0.1, -0.05) is 0 Å². The Labute approximate surface area is 166 Å². The van der Waals surface area contributed by atoms with E-state index in [0.717, 1.165) is 31.0 Å². The molecule has 1 aliphatic carbocycles. The fraction of sp³-hybridized carbons (Fsp3) is 0.450. The van der Waals surface area contributed by atoms with Crippen LogP contribution in [-0.4, -0.2) is 52.3 Å². The lowest BCUT2D eigenvalue weighted by Crippen LogP contribution is -2.49. The van der Waals surface area contributed by atoms with E-state index in [1.165, 1.54) is 17.1 Å². The molecule has 9 heteroatoms. The molecule has 1 saturated heterocycles. The van der Waals surface area contributed by atoms with Gasteiger partial charge in [-0.3, -0.25) is 9.59 Å². The third kappa shape index (κ3) is 4.45. The number of amides is 2. The minimum absolute atomic E-state index is 0.0188. The van der Waals surface area contributed by atoms with E-state index in [0.29, 0.717) is 31.7 Å². The van der Waals surface area contributed by atoms with Crippen molar-refractivity contribution >= 4 is 17.5 Å². The zero-order valence-electron chi connectivity index (χ0n) is 15.8. The lowest BCUT2D eigenvalue weighted by molar-refractivity contribution is -0.146. The SMILES string of the molecule is O=C1COCCN1[C@H]1CC[C@@H](C(=O)Nc2cnn(-c3cc(F)cc(F)c3)c2)CC1. The normalized spacial score (nSPS) is 22.6. The number of nitrogens with zero attached hydrogens (tertiary/aromatic N) is 3. The van der Waals surface area contributed by atoms with E-state index < -0.39 is 11.6 Å². The molecule has 1 aliphatic heterocycles. The number of nitrogens with one attached hydrogen (secondary N) is 1. The summed E-state index contributed by atoms with van der Waals surface area (Å²) in [5.74, 6) is -1.63. The predicted molar refractivity (Wildman–Crippen MR) is 100 cm³/mol. The van der Waals surface area contributed by atoms with Crippen molar-refractivity contribution in [3.05, 3.63) is 42.2 Å². The summed E-state index contributed by atoms with van der Waals surface area (Å²) in [6, 6.07) is 3.28. The highest BCUT2D eigenvalue weighted by Crippen LogP contribution is 2.29. The summed E-state index contributed by atoms with van der Waals surface area (Å²) in [5.41, 5.74) is 0.698. The summed E-state index contributed by atoms with van der Waals surface area (Å²) in [4.78, 5) is 26.5. The maximum Gasteiger partial charge on any atom is 0.248 e. The smallest absolute Gasteiger partial charge is 0.248 e. The van der Waals surface area contributed by atoms with E-state index in [9.17, 15) is 18.4 Å². The van der Waals surface area contributed by atoms with E-state index in [2.05, 4.69) is 10.4 Å². The van der Waals surface area contributed by atoms with Crippen molar-refractivity contribution in [2.75, 3.05) is 25.1 Å². The van der Waals surface area contributed by atoms with Gasteiger partial charge in [0.05, 0.1) is 30.4 Å². The van der Waals surface area contributed by atoms with Gasteiger partial charge in [0, 0.05) is 24.6 Å². The molecule has 0 bridgehead atoms. The van der Waals surface area contributed by atoms with Crippen molar-refractivity contribution < 1.29 is 23.1 Å². The maximum absolute atomic E-state index is 13.4. The van der Waals surface area contributed by atoms with Crippen LogP contribution in [0.15, 0.2) is 30.6 Å². The Kier molecular flexibility index (Phi) is 5.57. The number of aromatic nitrogens is 2. The number of anilines is 1. The van der Waals surface area contributed by atoms with Gasteiger partial charge < -0.3 is 15.0 Å². The number of carbonyl (C=O) groups is 2. The summed E-state index contributed by atoms with van der Waals surface area (Å²) in [6.45, 7) is 1.31. The Morgan fingerprint density at radius 2 is 1.86 bits per heavy atom. The third-order valence-electron chi connectivity index (χ3n) is 5.49. The van der Waals surface area contributed by atoms with Crippen molar-refractivity contribution in [3.8, 4) is 5.69 Å². The summed E-state index contributed by atoms with van der Waals surface area (Å²) >= 11 is 0. The van der Waals surface area contributed by atoms with E-state index in [1.807, 2.05) is 4.90 Å². The molecule has 0 radical (unpaired) electrons. The molecular formula is C20H22F2N4O3. The monoisotopic (exact) mass is 404 g/mol. The van der Waals surface area contributed by atoms with Crippen molar-refractivity contribution in [3.63, 3.8) is 0 Å². The molecule has 0 atom stereocenters. The topological polar surface area (TPSA) is 76.5 Å². The van der Waals surface area contributed by atoms with Crippen molar-refractivity contribution in [2.24, 2.45) is 5.92 Å². The molecule has 0 spiro atoms. The molecule has 1 N–H and O–H groups in total. The maximum atomic E-state index is 13.4. The van der Waals surface area contributed by atoms with Crippen LogP contribution >= 0.6 is 0 Å². The number of halogens is 2. The molecule has 0 unspecified atom stereocenters. The van der Waals surface area contributed by atoms with E-state index in [-0.39, 0.29) is 36.1 Å². The van der Waals surface area contributed by atoms with Gasteiger partial charge in [-0.25, -0.2) is 13.5 Å². The molecule has 154 valence electrons. The summed E-state index contributed by atoms with van der Waals surface area (Å²) in [6.07, 6.45) is 5.93. The number of ether oxygens (including phenoxy) is 1. The molecule has 2 amide bonds. The van der Waals surface area contributed by atoms with E-state index in [4.69, 9.17) is 4.74 Å². The highest BCUT2D eigenvalue weighted by molar-refractivity contribution is 5.92. The Balaban J connectivity index is 1.33. The highest BCUT2D eigenvalue weighted by atomic mass is 19.1. The molecule has 7 nitrogen and oxygen atoms in total. The van der Waals surface area contributed by atoms with Crippen LogP contribution in [0.5, 0.6) is 0 Å². The fourth-order valence-electron chi connectivity index (χ4n) is 4.01. The van der Waals surface area contributed by atoms with Gasteiger partial charge in [-0.2, -0.15) is 5.10 Å². The minimum atomic E-state index is -0.698. The number of hydrogen-bond donors (Lipinski definition) is 1.